The highest BCUT2D eigenvalue weighted by molar-refractivity contribution is 5.94. The quantitative estimate of drug-likeness (QED) is 0.491. The van der Waals surface area contributed by atoms with E-state index in [0.717, 1.165) is 18.2 Å². The van der Waals surface area contributed by atoms with E-state index in [2.05, 4.69) is 5.32 Å². The van der Waals surface area contributed by atoms with E-state index in [4.69, 9.17) is 0 Å². The Bertz CT molecular complexity index is 971. The Morgan fingerprint density at radius 3 is 2.32 bits per heavy atom. The number of para-hydroxylation sites is 1. The van der Waals surface area contributed by atoms with E-state index in [9.17, 15) is 32.6 Å². The van der Waals surface area contributed by atoms with Crippen molar-refractivity contribution in [2.24, 2.45) is 11.8 Å². The summed E-state index contributed by atoms with van der Waals surface area (Å²) in [7, 11) is 0. The van der Waals surface area contributed by atoms with Gasteiger partial charge in [-0.05, 0) is 42.2 Å². The molecule has 2 saturated heterocycles. The van der Waals surface area contributed by atoms with Gasteiger partial charge in [0, 0.05) is 31.9 Å². The van der Waals surface area contributed by atoms with Gasteiger partial charge in [-0.2, -0.15) is 13.2 Å². The molecule has 0 amide bonds. The topological polar surface area (TPSA) is 76.0 Å². The van der Waals surface area contributed by atoms with Gasteiger partial charge in [0.1, 0.15) is 5.82 Å². The normalized spacial score (nSPS) is 22.4. The highest BCUT2D eigenvalue weighted by Crippen LogP contribution is 2.41. The van der Waals surface area contributed by atoms with Crippen molar-refractivity contribution in [3.8, 4) is 0 Å². The maximum absolute atomic E-state index is 13.3. The zero-order chi connectivity index (χ0) is 22.3. The minimum absolute atomic E-state index is 0.0601. The van der Waals surface area contributed by atoms with Crippen molar-refractivity contribution in [3.63, 3.8) is 0 Å². The molecule has 0 aromatic heterocycles. The molecule has 0 saturated carbocycles. The van der Waals surface area contributed by atoms with Crippen LogP contribution < -0.4 is 10.2 Å². The van der Waals surface area contributed by atoms with Crippen LogP contribution in [-0.4, -0.2) is 53.6 Å². The molecule has 2 heterocycles. The lowest BCUT2D eigenvalue weighted by atomic mass is 10.0. The fourth-order valence-electron chi connectivity index (χ4n) is 4.46. The molecule has 1 unspecified atom stereocenters. The van der Waals surface area contributed by atoms with Gasteiger partial charge in [0.2, 0.25) is 0 Å². The van der Waals surface area contributed by atoms with Crippen molar-refractivity contribution in [2.45, 2.75) is 12.5 Å². The second-order valence-electron chi connectivity index (χ2n) is 7.91. The van der Waals surface area contributed by atoms with Crippen molar-refractivity contribution in [1.82, 2.24) is 4.90 Å². The van der Waals surface area contributed by atoms with Crippen molar-refractivity contribution in [1.29, 1.82) is 0 Å². The number of hydrogen-bond acceptors (Lipinski definition) is 5. The Morgan fingerprint density at radius 2 is 1.71 bits per heavy atom. The summed E-state index contributed by atoms with van der Waals surface area (Å²) in [6, 6.07) is 8.71. The predicted molar refractivity (Wildman–Crippen MR) is 105 cm³/mol. The van der Waals surface area contributed by atoms with Crippen LogP contribution in [0.4, 0.5) is 28.9 Å². The smallest absolute Gasteiger partial charge is 0.418 e. The number of benzene rings is 2. The maximum Gasteiger partial charge on any atom is 0.418 e. The van der Waals surface area contributed by atoms with E-state index < -0.39 is 29.9 Å². The molecule has 6 nitrogen and oxygen atoms in total. The van der Waals surface area contributed by atoms with Crippen molar-refractivity contribution < 1.29 is 32.6 Å². The number of carboxylic acid groups (broad SMARTS) is 1. The molecule has 4 rings (SSSR count). The first-order valence-corrected chi connectivity index (χ1v) is 9.76. The van der Waals surface area contributed by atoms with Crippen LogP contribution in [-0.2, 0) is 6.18 Å². The van der Waals surface area contributed by atoms with E-state index in [0.29, 0.717) is 26.2 Å². The molecule has 0 aliphatic carbocycles. The van der Waals surface area contributed by atoms with Crippen LogP contribution in [0.2, 0.25) is 0 Å². The first-order valence-electron chi connectivity index (χ1n) is 9.76. The molecule has 3 N–H and O–H groups in total. The summed E-state index contributed by atoms with van der Waals surface area (Å²) in [5, 5.41) is 22.5. The van der Waals surface area contributed by atoms with Gasteiger partial charge in [-0.3, -0.25) is 4.90 Å². The molecular formula is C21H21F4N3O3. The largest absolute Gasteiger partial charge is 0.478 e. The number of aromatic carboxylic acids is 1. The lowest BCUT2D eigenvalue weighted by Gasteiger charge is -2.28. The highest BCUT2D eigenvalue weighted by atomic mass is 19.4. The van der Waals surface area contributed by atoms with Crippen LogP contribution in [0.25, 0.3) is 0 Å². The van der Waals surface area contributed by atoms with Crippen molar-refractivity contribution in [3.05, 3.63) is 59.4 Å². The lowest BCUT2D eigenvalue weighted by molar-refractivity contribution is -0.137. The van der Waals surface area contributed by atoms with Gasteiger partial charge in [-0.15, -0.1) is 0 Å². The molecule has 0 spiro atoms. The first-order chi connectivity index (χ1) is 14.6. The molecule has 2 aromatic carbocycles. The number of carbonyl (C=O) groups is 1. The van der Waals surface area contributed by atoms with Gasteiger partial charge in [-0.25, -0.2) is 9.18 Å². The first kappa shape index (κ1) is 21.4. The number of halogens is 4. The molecular weight excluding hydrogens is 418 g/mol. The molecule has 0 bridgehead atoms. The molecule has 2 fully saturated rings. The van der Waals surface area contributed by atoms with E-state index in [1.807, 2.05) is 0 Å². The van der Waals surface area contributed by atoms with E-state index in [-0.39, 0.29) is 28.8 Å². The minimum Gasteiger partial charge on any atom is -0.478 e. The molecule has 31 heavy (non-hydrogen) atoms. The number of aliphatic hydroxyl groups is 1. The van der Waals surface area contributed by atoms with Gasteiger partial charge < -0.3 is 20.4 Å². The average Bonchev–Trinajstić information content (AvgIpc) is 3.28. The molecule has 0 radical (unpaired) electrons. The monoisotopic (exact) mass is 439 g/mol. The summed E-state index contributed by atoms with van der Waals surface area (Å²) in [5.74, 6) is -1.91. The number of rotatable bonds is 5. The minimum atomic E-state index is -4.43. The lowest BCUT2D eigenvalue weighted by Crippen LogP contribution is -2.41. The number of aliphatic hydroxyl groups excluding tert-OH is 1. The molecule has 2 aromatic rings. The van der Waals surface area contributed by atoms with Gasteiger partial charge in [0.25, 0.3) is 0 Å². The van der Waals surface area contributed by atoms with E-state index in [1.165, 1.54) is 18.2 Å². The Morgan fingerprint density at radius 1 is 1.06 bits per heavy atom. The van der Waals surface area contributed by atoms with Gasteiger partial charge >= 0.3 is 12.1 Å². The van der Waals surface area contributed by atoms with Crippen LogP contribution in [0.15, 0.2) is 42.5 Å². The summed E-state index contributed by atoms with van der Waals surface area (Å²) >= 11 is 0. The third kappa shape index (κ3) is 4.31. The van der Waals surface area contributed by atoms with Gasteiger partial charge in [0.15, 0.2) is 6.35 Å². The number of hydrogen-bond donors (Lipinski definition) is 3. The summed E-state index contributed by atoms with van der Waals surface area (Å²) in [6.45, 7) is 1.73. The second kappa shape index (κ2) is 8.01. The summed E-state index contributed by atoms with van der Waals surface area (Å²) < 4.78 is 53.4. The third-order valence-corrected chi connectivity index (χ3v) is 5.91. The Balaban J connectivity index is 1.42. The second-order valence-corrected chi connectivity index (χ2v) is 7.91. The Hall–Kier alpha value is -2.85. The van der Waals surface area contributed by atoms with Crippen molar-refractivity contribution >= 4 is 17.3 Å². The highest BCUT2D eigenvalue weighted by Gasteiger charge is 2.44. The third-order valence-electron chi connectivity index (χ3n) is 5.91. The van der Waals surface area contributed by atoms with Gasteiger partial charge in [0.05, 0.1) is 16.8 Å². The fraction of sp³-hybridized carbons (Fsp3) is 0.381. The average molecular weight is 439 g/mol. The maximum atomic E-state index is 13.3. The number of alkyl halides is 3. The number of likely N-dealkylation sites (tertiary alicyclic amines) is 1. The zero-order valence-electron chi connectivity index (χ0n) is 16.3. The van der Waals surface area contributed by atoms with E-state index in [1.54, 1.807) is 15.9 Å². The number of carboxylic acids is 1. The number of nitrogens with one attached hydrogen (secondary N) is 1. The van der Waals surface area contributed by atoms with Crippen LogP contribution >= 0.6 is 0 Å². The van der Waals surface area contributed by atoms with Crippen LogP contribution in [0.3, 0.4) is 0 Å². The number of fused-ring (bicyclic) bond motifs is 1. The number of nitrogens with zero attached hydrogens (tertiary/aromatic N) is 2. The molecule has 2 aliphatic heterocycles. The molecule has 2 aliphatic rings. The van der Waals surface area contributed by atoms with E-state index >= 15 is 0 Å². The van der Waals surface area contributed by atoms with Crippen molar-refractivity contribution in [2.75, 3.05) is 36.4 Å². The summed E-state index contributed by atoms with van der Waals surface area (Å²) in [4.78, 5) is 14.8. The molecule has 3 atom stereocenters. The SMILES string of the molecule is O=C(O)c1cc(F)ccc1NC(O)N1C[C@H]2CN(c3ccccc3C(F)(F)F)C[C@H]2C1. The number of anilines is 2. The standard InChI is InChI=1S/C21H21F4N3O3/c22-14-5-6-17(15(7-14)19(29)30)26-20(31)28-10-12-8-27(9-13(12)11-28)18-4-2-1-3-16(18)21(23,24)25/h1-7,12-13,20,26,31H,8-11H2,(H,29,30)/t12-,13+,20?. The van der Waals surface area contributed by atoms with Crippen LogP contribution in [0.1, 0.15) is 15.9 Å². The molecule has 10 heteroatoms. The van der Waals surface area contributed by atoms with Gasteiger partial charge in [-0.1, -0.05) is 12.1 Å². The Labute approximate surface area is 175 Å². The summed E-state index contributed by atoms with van der Waals surface area (Å²) in [5.41, 5.74) is -0.717. The van der Waals surface area contributed by atoms with Crippen LogP contribution in [0.5, 0.6) is 0 Å². The zero-order valence-corrected chi connectivity index (χ0v) is 16.3. The predicted octanol–water partition coefficient (Wildman–Crippen LogP) is 3.30. The fourth-order valence-corrected chi connectivity index (χ4v) is 4.46. The summed E-state index contributed by atoms with van der Waals surface area (Å²) in [6.07, 6.45) is -5.64. The Kier molecular flexibility index (Phi) is 5.52. The van der Waals surface area contributed by atoms with Crippen LogP contribution in [0, 0.1) is 17.7 Å². The molecule has 166 valence electrons.